The molecule has 1 N–H and O–H groups in total. The Bertz CT molecular complexity index is 1190. The van der Waals surface area contributed by atoms with Crippen molar-refractivity contribution >= 4 is 17.0 Å². The van der Waals surface area contributed by atoms with E-state index >= 15 is 0 Å². The number of amides is 1. The van der Waals surface area contributed by atoms with Crippen LogP contribution in [0.2, 0.25) is 0 Å². The lowest BCUT2D eigenvalue weighted by Gasteiger charge is -2.08. The van der Waals surface area contributed by atoms with Crippen molar-refractivity contribution in [2.75, 3.05) is 13.2 Å². The first-order valence-electron chi connectivity index (χ1n) is 10.2. The van der Waals surface area contributed by atoms with Gasteiger partial charge >= 0.3 is 0 Å². The minimum absolute atomic E-state index is 0.144. The van der Waals surface area contributed by atoms with Crippen molar-refractivity contribution in [1.82, 2.24) is 20.4 Å². The van der Waals surface area contributed by atoms with Gasteiger partial charge in [0.25, 0.3) is 11.6 Å². The van der Waals surface area contributed by atoms with Crippen LogP contribution in [0, 0.1) is 13.8 Å². The number of aryl methyl sites for hydroxylation is 3. The van der Waals surface area contributed by atoms with Crippen LogP contribution in [0.4, 0.5) is 0 Å². The largest absolute Gasteiger partial charge is 0.467 e. The molecule has 0 bridgehead atoms. The number of fused-ring (bicyclic) bond motifs is 1. The van der Waals surface area contributed by atoms with E-state index in [9.17, 15) is 4.79 Å². The molecular formula is C24H24N4O3. The third-order valence-electron chi connectivity index (χ3n) is 5.17. The number of aromatic nitrogens is 3. The van der Waals surface area contributed by atoms with Crippen LogP contribution in [0.3, 0.4) is 0 Å². The quantitative estimate of drug-likeness (QED) is 0.436. The molecule has 4 rings (SSSR count). The molecule has 0 saturated carbocycles. The van der Waals surface area contributed by atoms with E-state index < -0.39 is 0 Å². The van der Waals surface area contributed by atoms with Crippen LogP contribution in [0.5, 0.6) is 5.88 Å². The summed E-state index contributed by atoms with van der Waals surface area (Å²) in [5.74, 6) is 0.0721. The average molecular weight is 416 g/mol. The van der Waals surface area contributed by atoms with E-state index in [4.69, 9.17) is 9.26 Å². The molecule has 0 atom stereocenters. The lowest BCUT2D eigenvalue weighted by molar-refractivity contribution is -0.123. The number of benzene rings is 2. The van der Waals surface area contributed by atoms with Crippen LogP contribution in [0.1, 0.15) is 23.1 Å². The van der Waals surface area contributed by atoms with Gasteiger partial charge in [-0.15, -0.1) is 0 Å². The predicted octanol–water partition coefficient (Wildman–Crippen LogP) is 4.03. The summed E-state index contributed by atoms with van der Waals surface area (Å²) >= 11 is 0. The van der Waals surface area contributed by atoms with Crippen molar-refractivity contribution in [3.05, 3.63) is 71.5 Å². The summed E-state index contributed by atoms with van der Waals surface area (Å²) in [6.45, 7) is 4.53. The van der Waals surface area contributed by atoms with Gasteiger partial charge in [0.15, 0.2) is 6.61 Å². The molecule has 158 valence electrons. The monoisotopic (exact) mass is 416 g/mol. The standard InChI is InChI=1S/C24H24N4O3/c1-16-10-11-19(13-17(16)2)22-21-23(26-15-27-24(21)31-28-22)30-14-20(29)25-12-6-9-18-7-4-3-5-8-18/h3-5,7-8,10-11,13,15H,6,9,12,14H2,1-2H3,(H,25,29). The number of rotatable bonds is 8. The van der Waals surface area contributed by atoms with Gasteiger partial charge in [0, 0.05) is 12.1 Å². The van der Waals surface area contributed by atoms with Crippen molar-refractivity contribution in [2.24, 2.45) is 0 Å². The summed E-state index contributed by atoms with van der Waals surface area (Å²) in [5, 5.41) is 7.59. The van der Waals surface area contributed by atoms with Gasteiger partial charge in [-0.3, -0.25) is 4.79 Å². The molecule has 1 amide bonds. The van der Waals surface area contributed by atoms with Crippen LogP contribution in [-0.4, -0.2) is 34.2 Å². The predicted molar refractivity (Wildman–Crippen MR) is 118 cm³/mol. The SMILES string of the molecule is Cc1ccc(-c2noc3ncnc(OCC(=O)NCCCc4ccccc4)c23)cc1C. The van der Waals surface area contributed by atoms with Gasteiger partial charge in [-0.1, -0.05) is 47.6 Å². The van der Waals surface area contributed by atoms with Gasteiger partial charge in [0.1, 0.15) is 17.4 Å². The minimum Gasteiger partial charge on any atom is -0.467 e. The number of hydrogen-bond acceptors (Lipinski definition) is 6. The number of ether oxygens (including phenoxy) is 1. The van der Waals surface area contributed by atoms with Gasteiger partial charge in [-0.2, -0.15) is 4.98 Å². The maximum atomic E-state index is 12.2. The zero-order chi connectivity index (χ0) is 21.6. The molecule has 7 nitrogen and oxygen atoms in total. The summed E-state index contributed by atoms with van der Waals surface area (Å²) < 4.78 is 11.1. The average Bonchev–Trinajstić information content (AvgIpc) is 3.23. The van der Waals surface area contributed by atoms with Crippen LogP contribution in [0.15, 0.2) is 59.4 Å². The van der Waals surface area contributed by atoms with E-state index in [2.05, 4.69) is 39.5 Å². The molecule has 31 heavy (non-hydrogen) atoms. The molecule has 0 aliphatic carbocycles. The molecule has 0 unspecified atom stereocenters. The summed E-state index contributed by atoms with van der Waals surface area (Å²) in [7, 11) is 0. The van der Waals surface area contributed by atoms with Gasteiger partial charge in [0.05, 0.1) is 0 Å². The highest BCUT2D eigenvalue weighted by Gasteiger charge is 2.19. The number of carbonyl (C=O) groups excluding carboxylic acids is 1. The lowest BCUT2D eigenvalue weighted by Crippen LogP contribution is -2.30. The van der Waals surface area contributed by atoms with E-state index in [1.807, 2.05) is 43.3 Å². The highest BCUT2D eigenvalue weighted by molar-refractivity contribution is 5.93. The molecule has 7 heteroatoms. The fourth-order valence-electron chi connectivity index (χ4n) is 3.31. The first-order valence-corrected chi connectivity index (χ1v) is 10.2. The molecule has 0 radical (unpaired) electrons. The van der Waals surface area contributed by atoms with E-state index in [0.29, 0.717) is 23.3 Å². The molecular weight excluding hydrogens is 392 g/mol. The van der Waals surface area contributed by atoms with E-state index in [0.717, 1.165) is 24.0 Å². The summed E-state index contributed by atoms with van der Waals surface area (Å²) in [4.78, 5) is 20.5. The first-order chi connectivity index (χ1) is 15.1. The Labute approximate surface area is 180 Å². The first kappa shape index (κ1) is 20.5. The van der Waals surface area contributed by atoms with Gasteiger partial charge in [-0.05, 0) is 49.4 Å². The highest BCUT2D eigenvalue weighted by atomic mass is 16.5. The number of hydrogen-bond donors (Lipinski definition) is 1. The van der Waals surface area contributed by atoms with Crippen LogP contribution in [0.25, 0.3) is 22.4 Å². The van der Waals surface area contributed by atoms with E-state index in [-0.39, 0.29) is 18.4 Å². The second-order valence-corrected chi connectivity index (χ2v) is 7.42. The number of nitrogens with one attached hydrogen (secondary N) is 1. The molecule has 2 heterocycles. The van der Waals surface area contributed by atoms with Crippen molar-refractivity contribution in [1.29, 1.82) is 0 Å². The number of nitrogens with zero attached hydrogens (tertiary/aromatic N) is 3. The summed E-state index contributed by atoms with van der Waals surface area (Å²) in [6, 6.07) is 16.2. The summed E-state index contributed by atoms with van der Waals surface area (Å²) in [5.41, 5.74) is 5.38. The second-order valence-electron chi connectivity index (χ2n) is 7.42. The maximum absolute atomic E-state index is 12.2. The molecule has 0 aliphatic heterocycles. The molecule has 2 aromatic heterocycles. The Morgan fingerprint density at radius 3 is 2.71 bits per heavy atom. The molecule has 0 saturated heterocycles. The lowest BCUT2D eigenvalue weighted by atomic mass is 10.0. The van der Waals surface area contributed by atoms with Crippen molar-refractivity contribution < 1.29 is 14.1 Å². The van der Waals surface area contributed by atoms with Crippen LogP contribution < -0.4 is 10.1 Å². The molecule has 0 fully saturated rings. The highest BCUT2D eigenvalue weighted by Crippen LogP contribution is 2.33. The maximum Gasteiger partial charge on any atom is 0.265 e. The fourth-order valence-corrected chi connectivity index (χ4v) is 3.31. The zero-order valence-electron chi connectivity index (χ0n) is 17.6. The van der Waals surface area contributed by atoms with Crippen LogP contribution >= 0.6 is 0 Å². The Balaban J connectivity index is 1.39. The van der Waals surface area contributed by atoms with Gasteiger partial charge in [-0.25, -0.2) is 4.98 Å². The second kappa shape index (κ2) is 9.38. The smallest absolute Gasteiger partial charge is 0.265 e. The van der Waals surface area contributed by atoms with Crippen LogP contribution in [-0.2, 0) is 11.2 Å². The Kier molecular flexibility index (Phi) is 6.21. The third kappa shape index (κ3) is 4.88. The van der Waals surface area contributed by atoms with Gasteiger partial charge in [0.2, 0.25) is 5.88 Å². The van der Waals surface area contributed by atoms with E-state index in [1.54, 1.807) is 0 Å². The normalized spacial score (nSPS) is 10.9. The zero-order valence-corrected chi connectivity index (χ0v) is 17.6. The van der Waals surface area contributed by atoms with Gasteiger partial charge < -0.3 is 14.6 Å². The molecule has 4 aromatic rings. The Hall–Kier alpha value is -3.74. The Morgan fingerprint density at radius 1 is 1.06 bits per heavy atom. The summed E-state index contributed by atoms with van der Waals surface area (Å²) in [6.07, 6.45) is 3.11. The molecule has 0 spiro atoms. The van der Waals surface area contributed by atoms with Crippen molar-refractivity contribution in [3.63, 3.8) is 0 Å². The third-order valence-corrected chi connectivity index (χ3v) is 5.17. The minimum atomic E-state index is -0.205. The number of carbonyl (C=O) groups is 1. The molecule has 2 aromatic carbocycles. The fraction of sp³-hybridized carbons (Fsp3) is 0.250. The Morgan fingerprint density at radius 2 is 1.90 bits per heavy atom. The van der Waals surface area contributed by atoms with Crippen molar-refractivity contribution in [3.8, 4) is 17.1 Å². The van der Waals surface area contributed by atoms with E-state index in [1.165, 1.54) is 17.5 Å². The molecule has 0 aliphatic rings. The van der Waals surface area contributed by atoms with Crippen molar-refractivity contribution in [2.45, 2.75) is 26.7 Å². The topological polar surface area (TPSA) is 90.1 Å².